The Hall–Kier alpha value is -0.780. The predicted molar refractivity (Wildman–Crippen MR) is 73.1 cm³/mol. The molecule has 0 saturated heterocycles. The highest BCUT2D eigenvalue weighted by Crippen LogP contribution is 2.37. The van der Waals surface area contributed by atoms with Gasteiger partial charge in [0.1, 0.15) is 0 Å². The molecule has 1 aliphatic rings. The van der Waals surface area contributed by atoms with Crippen molar-refractivity contribution in [1.29, 1.82) is 0 Å². The van der Waals surface area contributed by atoms with Crippen LogP contribution in [0.2, 0.25) is 0 Å². The molecule has 0 unspecified atom stereocenters. The Morgan fingerprint density at radius 2 is 1.82 bits per heavy atom. The summed E-state index contributed by atoms with van der Waals surface area (Å²) in [6.07, 6.45) is 9.41. The highest BCUT2D eigenvalue weighted by atomic mass is 14.3. The van der Waals surface area contributed by atoms with E-state index in [4.69, 9.17) is 0 Å². The van der Waals surface area contributed by atoms with E-state index in [0.29, 0.717) is 0 Å². The number of hydrogen-bond donors (Lipinski definition) is 0. The Morgan fingerprint density at radius 1 is 1.06 bits per heavy atom. The zero-order valence-corrected chi connectivity index (χ0v) is 11.3. The first-order valence-electron chi connectivity index (χ1n) is 7.25. The van der Waals surface area contributed by atoms with E-state index in [0.717, 1.165) is 18.3 Å². The molecule has 0 aliphatic heterocycles. The lowest BCUT2D eigenvalue weighted by molar-refractivity contribution is 0.308. The first kappa shape index (κ1) is 12.7. The summed E-state index contributed by atoms with van der Waals surface area (Å²) in [6, 6.07) is 11.2. The van der Waals surface area contributed by atoms with Gasteiger partial charge in [-0.25, -0.2) is 0 Å². The van der Waals surface area contributed by atoms with Crippen molar-refractivity contribution in [2.45, 2.75) is 64.7 Å². The van der Waals surface area contributed by atoms with E-state index >= 15 is 0 Å². The molecule has 2 radical (unpaired) electrons. The summed E-state index contributed by atoms with van der Waals surface area (Å²) in [6.45, 7) is 4.48. The summed E-state index contributed by atoms with van der Waals surface area (Å²) >= 11 is 0. The van der Waals surface area contributed by atoms with E-state index in [1.54, 1.807) is 0 Å². The van der Waals surface area contributed by atoms with Crippen molar-refractivity contribution in [2.75, 3.05) is 0 Å². The first-order chi connectivity index (χ1) is 8.33. The molecule has 2 rings (SSSR count). The Bertz CT molecular complexity index is 314. The number of aryl methyl sites for hydroxylation is 1. The minimum Gasteiger partial charge on any atom is -0.0654 e. The molecule has 92 valence electrons. The zero-order chi connectivity index (χ0) is 12.1. The quantitative estimate of drug-likeness (QED) is 0.686. The van der Waals surface area contributed by atoms with Gasteiger partial charge < -0.3 is 0 Å². The second-order valence-corrected chi connectivity index (χ2v) is 5.42. The summed E-state index contributed by atoms with van der Waals surface area (Å²) in [5.41, 5.74) is 2.69. The summed E-state index contributed by atoms with van der Waals surface area (Å²) < 4.78 is 0. The van der Waals surface area contributed by atoms with E-state index in [9.17, 15) is 0 Å². The average molecular weight is 228 g/mol. The Balaban J connectivity index is 1.91. The van der Waals surface area contributed by atoms with E-state index in [1.807, 2.05) is 0 Å². The largest absolute Gasteiger partial charge is 0.0654 e. The maximum absolute atomic E-state index is 3.47. The highest BCUT2D eigenvalue weighted by molar-refractivity contribution is 5.23. The second-order valence-electron chi connectivity index (χ2n) is 5.42. The lowest BCUT2D eigenvalue weighted by Crippen LogP contribution is -2.13. The summed E-state index contributed by atoms with van der Waals surface area (Å²) in [5.74, 6) is 1.75. The Labute approximate surface area is 106 Å². The molecule has 0 N–H and O–H groups in total. The minimum atomic E-state index is 0.755. The monoisotopic (exact) mass is 228 g/mol. The Kier molecular flexibility index (Phi) is 4.65. The topological polar surface area (TPSA) is 0 Å². The molecule has 1 aromatic rings. The van der Waals surface area contributed by atoms with E-state index in [-0.39, 0.29) is 0 Å². The normalized spacial score (nSPS) is 24.8. The molecule has 0 atom stereocenters. The maximum atomic E-state index is 3.47. The molecule has 0 heteroatoms. The van der Waals surface area contributed by atoms with Gasteiger partial charge in [-0.3, -0.25) is 0 Å². The lowest BCUT2D eigenvalue weighted by atomic mass is 9.77. The fourth-order valence-corrected chi connectivity index (χ4v) is 3.03. The smallest absolute Gasteiger partial charge is 0.0143 e. The third-order valence-corrected chi connectivity index (χ3v) is 4.19. The SMILES string of the molecule is CCCC1CCC(c2[c]cc(CC)[c]c2)CC1. The molecule has 1 saturated carbocycles. The molecule has 0 heterocycles. The van der Waals surface area contributed by atoms with Gasteiger partial charge in [0.15, 0.2) is 0 Å². The molecule has 0 spiro atoms. The van der Waals surface area contributed by atoms with Gasteiger partial charge in [0.2, 0.25) is 0 Å². The van der Waals surface area contributed by atoms with Gasteiger partial charge in [0.05, 0.1) is 0 Å². The maximum Gasteiger partial charge on any atom is -0.0143 e. The van der Waals surface area contributed by atoms with Crippen LogP contribution in [0.1, 0.15) is 69.4 Å². The van der Waals surface area contributed by atoms with E-state index < -0.39 is 0 Å². The fraction of sp³-hybridized carbons (Fsp3) is 0.647. The van der Waals surface area contributed by atoms with Crippen molar-refractivity contribution in [3.8, 4) is 0 Å². The molecular weight excluding hydrogens is 204 g/mol. The average Bonchev–Trinajstić information content (AvgIpc) is 2.40. The van der Waals surface area contributed by atoms with E-state index in [1.165, 1.54) is 49.7 Å². The van der Waals surface area contributed by atoms with Gasteiger partial charge in [-0.2, -0.15) is 0 Å². The van der Waals surface area contributed by atoms with Crippen molar-refractivity contribution in [3.05, 3.63) is 35.4 Å². The zero-order valence-electron chi connectivity index (χ0n) is 11.3. The third kappa shape index (κ3) is 3.34. The van der Waals surface area contributed by atoms with Crippen molar-refractivity contribution in [3.63, 3.8) is 0 Å². The van der Waals surface area contributed by atoms with Crippen LogP contribution >= 0.6 is 0 Å². The number of benzene rings is 1. The second kappa shape index (κ2) is 6.23. The molecule has 0 aromatic heterocycles. The van der Waals surface area contributed by atoms with Crippen LogP contribution in [-0.4, -0.2) is 0 Å². The van der Waals surface area contributed by atoms with Crippen molar-refractivity contribution >= 4 is 0 Å². The molecule has 17 heavy (non-hydrogen) atoms. The lowest BCUT2D eigenvalue weighted by Gasteiger charge is -2.28. The number of hydrogen-bond acceptors (Lipinski definition) is 0. The van der Waals surface area contributed by atoms with Gasteiger partial charge in [-0.1, -0.05) is 32.8 Å². The van der Waals surface area contributed by atoms with Crippen molar-refractivity contribution in [1.82, 2.24) is 0 Å². The molecule has 0 bridgehead atoms. The van der Waals surface area contributed by atoms with Crippen LogP contribution < -0.4 is 0 Å². The highest BCUT2D eigenvalue weighted by Gasteiger charge is 2.21. The van der Waals surface area contributed by atoms with Gasteiger partial charge in [0.25, 0.3) is 0 Å². The van der Waals surface area contributed by atoms with Crippen LogP contribution in [0.15, 0.2) is 12.1 Å². The van der Waals surface area contributed by atoms with Crippen LogP contribution in [-0.2, 0) is 6.42 Å². The minimum absolute atomic E-state index is 0.755. The fourth-order valence-electron chi connectivity index (χ4n) is 3.03. The van der Waals surface area contributed by atoms with Gasteiger partial charge in [0, 0.05) is 0 Å². The van der Waals surface area contributed by atoms with E-state index in [2.05, 4.69) is 38.1 Å². The summed E-state index contributed by atoms with van der Waals surface area (Å²) in [5, 5.41) is 0. The van der Waals surface area contributed by atoms with Crippen molar-refractivity contribution < 1.29 is 0 Å². The predicted octanol–water partition coefficient (Wildman–Crippen LogP) is 4.92. The van der Waals surface area contributed by atoms with Crippen LogP contribution in [0, 0.1) is 18.1 Å². The summed E-state index contributed by atoms with van der Waals surface area (Å²) in [4.78, 5) is 0. The third-order valence-electron chi connectivity index (χ3n) is 4.19. The molecule has 0 nitrogen and oxygen atoms in total. The van der Waals surface area contributed by atoms with Gasteiger partial charge >= 0.3 is 0 Å². The van der Waals surface area contributed by atoms with Crippen LogP contribution in [0.3, 0.4) is 0 Å². The molecular formula is C17H24. The molecule has 0 amide bonds. The number of rotatable bonds is 4. The molecule has 1 aliphatic carbocycles. The van der Waals surface area contributed by atoms with Crippen LogP contribution in [0.25, 0.3) is 0 Å². The Morgan fingerprint density at radius 3 is 2.35 bits per heavy atom. The first-order valence-corrected chi connectivity index (χ1v) is 7.25. The van der Waals surface area contributed by atoms with Crippen molar-refractivity contribution in [2.24, 2.45) is 5.92 Å². The standard InChI is InChI=1S/C17H24/c1-3-5-15-8-12-17(13-9-15)16-10-6-14(4-2)7-11-16/h6,11,15,17H,3-5,8-9,12-13H2,1-2H3. The molecule has 1 aromatic carbocycles. The van der Waals surface area contributed by atoms with Gasteiger partial charge in [-0.15, -0.1) is 0 Å². The van der Waals surface area contributed by atoms with Crippen LogP contribution in [0.4, 0.5) is 0 Å². The molecule has 1 fully saturated rings. The summed E-state index contributed by atoms with van der Waals surface area (Å²) in [7, 11) is 0. The van der Waals surface area contributed by atoms with Gasteiger partial charge in [-0.05, 0) is 73.3 Å². The van der Waals surface area contributed by atoms with Crippen LogP contribution in [0.5, 0.6) is 0 Å².